The quantitative estimate of drug-likeness (QED) is 0.697. The predicted molar refractivity (Wildman–Crippen MR) is 104 cm³/mol. The molecule has 1 atom stereocenters. The standard InChI is InChI=1S/C21H24N4O2/c1-15(2)22-18(26)14-25(3)19(16-10-6-4-7-11-16)21-23-20(24-27-21)17-12-8-5-9-13-17/h4-13,15,19H,14H2,1-3H3,(H,22,26)/t19-/m1/s1. The van der Waals surface area contributed by atoms with E-state index in [1.54, 1.807) is 0 Å². The number of carbonyl (C=O) groups is 1. The van der Waals surface area contributed by atoms with Crippen molar-refractivity contribution < 1.29 is 9.32 Å². The van der Waals surface area contributed by atoms with Crippen LogP contribution < -0.4 is 5.32 Å². The summed E-state index contributed by atoms with van der Waals surface area (Å²) >= 11 is 0. The molecular formula is C21H24N4O2. The highest BCUT2D eigenvalue weighted by atomic mass is 16.5. The normalized spacial score (nSPS) is 12.3. The number of hydrogen-bond acceptors (Lipinski definition) is 5. The van der Waals surface area contributed by atoms with Gasteiger partial charge in [-0.05, 0) is 26.5 Å². The number of likely N-dealkylation sites (N-methyl/N-ethyl adjacent to an activating group) is 1. The molecule has 0 saturated carbocycles. The van der Waals surface area contributed by atoms with Gasteiger partial charge in [-0.1, -0.05) is 65.8 Å². The Hall–Kier alpha value is -2.99. The van der Waals surface area contributed by atoms with Gasteiger partial charge in [-0.3, -0.25) is 9.69 Å². The largest absolute Gasteiger partial charge is 0.353 e. The van der Waals surface area contributed by atoms with E-state index in [9.17, 15) is 4.79 Å². The smallest absolute Gasteiger partial charge is 0.248 e. The van der Waals surface area contributed by atoms with Gasteiger partial charge < -0.3 is 9.84 Å². The van der Waals surface area contributed by atoms with Crippen LogP contribution in [0.5, 0.6) is 0 Å². The third-order valence-electron chi connectivity index (χ3n) is 4.11. The summed E-state index contributed by atoms with van der Waals surface area (Å²) in [4.78, 5) is 18.7. The maximum absolute atomic E-state index is 12.2. The molecule has 1 aromatic heterocycles. The van der Waals surface area contributed by atoms with E-state index in [0.29, 0.717) is 11.7 Å². The Bertz CT molecular complexity index is 862. The summed E-state index contributed by atoms with van der Waals surface area (Å²) < 4.78 is 5.58. The Labute approximate surface area is 159 Å². The zero-order valence-electron chi connectivity index (χ0n) is 15.8. The molecule has 0 spiro atoms. The van der Waals surface area contributed by atoms with Crippen molar-refractivity contribution in [3.8, 4) is 11.4 Å². The lowest BCUT2D eigenvalue weighted by Gasteiger charge is -2.25. The second-order valence-electron chi connectivity index (χ2n) is 6.77. The average Bonchev–Trinajstić information content (AvgIpc) is 3.12. The zero-order valence-corrected chi connectivity index (χ0v) is 15.8. The van der Waals surface area contributed by atoms with E-state index in [1.807, 2.05) is 86.5 Å². The minimum atomic E-state index is -0.311. The van der Waals surface area contributed by atoms with Crippen LogP contribution in [0, 0.1) is 0 Å². The lowest BCUT2D eigenvalue weighted by atomic mass is 10.1. The Morgan fingerprint density at radius 1 is 1.07 bits per heavy atom. The molecule has 6 heteroatoms. The van der Waals surface area contributed by atoms with E-state index < -0.39 is 0 Å². The SMILES string of the molecule is CC(C)NC(=O)CN(C)[C@H](c1ccccc1)c1nc(-c2ccccc2)no1. The van der Waals surface area contributed by atoms with Crippen LogP contribution in [0.1, 0.15) is 31.3 Å². The lowest BCUT2D eigenvalue weighted by Crippen LogP contribution is -2.40. The van der Waals surface area contributed by atoms with Crippen LogP contribution in [0.25, 0.3) is 11.4 Å². The molecule has 1 heterocycles. The summed E-state index contributed by atoms with van der Waals surface area (Å²) in [5.74, 6) is 0.947. The van der Waals surface area contributed by atoms with Gasteiger partial charge in [0.05, 0.1) is 6.54 Å². The number of nitrogens with one attached hydrogen (secondary N) is 1. The Balaban J connectivity index is 1.89. The molecule has 0 aliphatic heterocycles. The van der Waals surface area contributed by atoms with Gasteiger partial charge in [0.1, 0.15) is 6.04 Å². The molecule has 1 amide bonds. The molecule has 0 unspecified atom stereocenters. The van der Waals surface area contributed by atoms with Crippen molar-refractivity contribution in [3.63, 3.8) is 0 Å². The summed E-state index contributed by atoms with van der Waals surface area (Å²) in [6.45, 7) is 4.11. The highest BCUT2D eigenvalue weighted by Gasteiger charge is 2.27. The number of benzene rings is 2. The number of nitrogens with zero attached hydrogens (tertiary/aromatic N) is 3. The molecule has 0 fully saturated rings. The van der Waals surface area contributed by atoms with Crippen molar-refractivity contribution in [3.05, 3.63) is 72.1 Å². The molecule has 1 N–H and O–H groups in total. The molecule has 140 valence electrons. The molecule has 27 heavy (non-hydrogen) atoms. The van der Waals surface area contributed by atoms with Gasteiger partial charge in [-0.15, -0.1) is 0 Å². The number of hydrogen-bond donors (Lipinski definition) is 1. The highest BCUT2D eigenvalue weighted by Crippen LogP contribution is 2.28. The molecule has 2 aromatic carbocycles. The first-order chi connectivity index (χ1) is 13.0. The van der Waals surface area contributed by atoms with Crippen molar-refractivity contribution >= 4 is 5.91 Å². The fourth-order valence-electron chi connectivity index (χ4n) is 2.96. The number of aromatic nitrogens is 2. The third-order valence-corrected chi connectivity index (χ3v) is 4.11. The van der Waals surface area contributed by atoms with E-state index in [4.69, 9.17) is 4.52 Å². The van der Waals surface area contributed by atoms with E-state index in [1.165, 1.54) is 0 Å². The van der Waals surface area contributed by atoms with Crippen LogP contribution in [-0.4, -0.2) is 40.6 Å². The minimum absolute atomic E-state index is 0.0452. The van der Waals surface area contributed by atoms with E-state index in [2.05, 4.69) is 15.5 Å². The Kier molecular flexibility index (Phi) is 5.98. The van der Waals surface area contributed by atoms with Crippen LogP contribution >= 0.6 is 0 Å². The highest BCUT2D eigenvalue weighted by molar-refractivity contribution is 5.78. The topological polar surface area (TPSA) is 71.3 Å². The van der Waals surface area contributed by atoms with Crippen molar-refractivity contribution in [1.29, 1.82) is 0 Å². The van der Waals surface area contributed by atoms with Crippen LogP contribution in [0.4, 0.5) is 0 Å². The van der Waals surface area contributed by atoms with Crippen molar-refractivity contribution in [2.45, 2.75) is 25.9 Å². The first-order valence-corrected chi connectivity index (χ1v) is 8.98. The van der Waals surface area contributed by atoms with Gasteiger partial charge in [0, 0.05) is 11.6 Å². The monoisotopic (exact) mass is 364 g/mol. The number of rotatable bonds is 7. The number of amides is 1. The number of carbonyl (C=O) groups excluding carboxylic acids is 1. The molecular weight excluding hydrogens is 340 g/mol. The average molecular weight is 364 g/mol. The first-order valence-electron chi connectivity index (χ1n) is 8.98. The maximum atomic E-state index is 12.2. The van der Waals surface area contributed by atoms with Gasteiger partial charge in [0.25, 0.3) is 0 Å². The molecule has 0 saturated heterocycles. The predicted octanol–water partition coefficient (Wildman–Crippen LogP) is 3.28. The van der Waals surface area contributed by atoms with E-state index in [-0.39, 0.29) is 24.5 Å². The van der Waals surface area contributed by atoms with Crippen LogP contribution in [0.2, 0.25) is 0 Å². The van der Waals surface area contributed by atoms with Gasteiger partial charge in [0.15, 0.2) is 0 Å². The van der Waals surface area contributed by atoms with Crippen molar-refractivity contribution in [2.24, 2.45) is 0 Å². The molecule has 0 aliphatic rings. The first kappa shape index (κ1) is 18.8. The van der Waals surface area contributed by atoms with E-state index >= 15 is 0 Å². The fraction of sp³-hybridized carbons (Fsp3) is 0.286. The van der Waals surface area contributed by atoms with Crippen molar-refractivity contribution in [2.75, 3.05) is 13.6 Å². The molecule has 6 nitrogen and oxygen atoms in total. The maximum Gasteiger partial charge on any atom is 0.248 e. The van der Waals surface area contributed by atoms with Gasteiger partial charge in [0.2, 0.25) is 17.6 Å². The summed E-state index contributed by atoms with van der Waals surface area (Å²) in [7, 11) is 1.88. The van der Waals surface area contributed by atoms with Crippen LogP contribution in [0.3, 0.4) is 0 Å². The van der Waals surface area contributed by atoms with Gasteiger partial charge in [-0.25, -0.2) is 0 Å². The molecule has 0 radical (unpaired) electrons. The summed E-state index contributed by atoms with van der Waals surface area (Å²) in [6.07, 6.45) is 0. The minimum Gasteiger partial charge on any atom is -0.353 e. The van der Waals surface area contributed by atoms with Gasteiger partial charge >= 0.3 is 0 Å². The molecule has 0 bridgehead atoms. The zero-order chi connectivity index (χ0) is 19.2. The Morgan fingerprint density at radius 3 is 2.33 bits per heavy atom. The van der Waals surface area contributed by atoms with Crippen LogP contribution in [0.15, 0.2) is 65.2 Å². The summed E-state index contributed by atoms with van der Waals surface area (Å²) in [6, 6.07) is 19.3. The van der Waals surface area contributed by atoms with Crippen LogP contribution in [-0.2, 0) is 4.79 Å². The second-order valence-corrected chi connectivity index (χ2v) is 6.77. The lowest BCUT2D eigenvalue weighted by molar-refractivity contribution is -0.122. The Morgan fingerprint density at radius 2 is 1.70 bits per heavy atom. The van der Waals surface area contributed by atoms with E-state index in [0.717, 1.165) is 11.1 Å². The third kappa shape index (κ3) is 4.80. The summed E-state index contributed by atoms with van der Waals surface area (Å²) in [5.41, 5.74) is 1.88. The summed E-state index contributed by atoms with van der Waals surface area (Å²) in [5, 5.41) is 7.04. The van der Waals surface area contributed by atoms with Gasteiger partial charge in [-0.2, -0.15) is 4.98 Å². The molecule has 0 aliphatic carbocycles. The van der Waals surface area contributed by atoms with Crippen molar-refractivity contribution in [1.82, 2.24) is 20.4 Å². The molecule has 3 rings (SSSR count). The fourth-order valence-corrected chi connectivity index (χ4v) is 2.96. The second kappa shape index (κ2) is 8.60. The molecule has 3 aromatic rings.